The summed E-state index contributed by atoms with van der Waals surface area (Å²) in [6, 6.07) is 4.48. The molecule has 3 rings (SSSR count). The molecular formula is C13H19N3O. The molecule has 0 bridgehead atoms. The topological polar surface area (TPSA) is 51.4 Å². The molecule has 2 aliphatic rings. The van der Waals surface area contributed by atoms with Gasteiger partial charge in [-0.1, -0.05) is 12.8 Å². The summed E-state index contributed by atoms with van der Waals surface area (Å²) in [7, 11) is 0. The minimum Gasteiger partial charge on any atom is -0.384 e. The average Bonchev–Trinajstić information content (AvgIpc) is 2.39. The summed E-state index contributed by atoms with van der Waals surface area (Å²) in [5.41, 5.74) is 6.81. The number of aromatic nitrogens is 1. The molecule has 1 aromatic rings. The molecule has 1 saturated carbocycles. The van der Waals surface area contributed by atoms with Gasteiger partial charge < -0.3 is 15.4 Å². The van der Waals surface area contributed by atoms with Crippen LogP contribution in [0.5, 0.6) is 0 Å². The summed E-state index contributed by atoms with van der Waals surface area (Å²) in [6.07, 6.45) is 7.33. The number of nitrogen functional groups attached to an aromatic ring is 1. The van der Waals surface area contributed by atoms with Gasteiger partial charge in [-0.05, 0) is 25.0 Å². The standard InChI is InChI=1S/C13H19N3O/c14-13-6-5-10(9-15-13)16-7-8-17-12-4-2-1-3-11(12)16/h5-6,9,11-12H,1-4,7-8H2,(H2,14,15). The molecule has 0 spiro atoms. The average molecular weight is 233 g/mol. The smallest absolute Gasteiger partial charge is 0.123 e. The quantitative estimate of drug-likeness (QED) is 0.803. The van der Waals surface area contributed by atoms with E-state index in [2.05, 4.69) is 16.0 Å². The molecule has 2 unspecified atom stereocenters. The second-order valence-electron chi connectivity index (χ2n) is 4.90. The van der Waals surface area contributed by atoms with E-state index in [0.717, 1.165) is 13.2 Å². The normalized spacial score (nSPS) is 28.8. The molecule has 2 N–H and O–H groups in total. The van der Waals surface area contributed by atoms with E-state index in [4.69, 9.17) is 10.5 Å². The first-order valence-corrected chi connectivity index (χ1v) is 6.44. The first-order valence-electron chi connectivity index (χ1n) is 6.44. The van der Waals surface area contributed by atoms with Gasteiger partial charge in [0.1, 0.15) is 5.82 Å². The van der Waals surface area contributed by atoms with Gasteiger partial charge in [0.05, 0.1) is 30.6 Å². The van der Waals surface area contributed by atoms with Crippen LogP contribution in [-0.2, 0) is 4.74 Å². The predicted octanol–water partition coefficient (Wildman–Crippen LogP) is 1.81. The number of morpholine rings is 1. The number of fused-ring (bicyclic) bond motifs is 1. The van der Waals surface area contributed by atoms with Gasteiger partial charge in [0.25, 0.3) is 0 Å². The minimum atomic E-state index is 0.412. The Morgan fingerprint density at radius 3 is 3.00 bits per heavy atom. The summed E-state index contributed by atoms with van der Waals surface area (Å²) in [5.74, 6) is 0.585. The van der Waals surface area contributed by atoms with Gasteiger partial charge in [0, 0.05) is 6.54 Å². The maximum atomic E-state index is 5.87. The molecule has 1 aliphatic carbocycles. The zero-order valence-electron chi connectivity index (χ0n) is 10.0. The lowest BCUT2D eigenvalue weighted by molar-refractivity contribution is -0.00869. The zero-order chi connectivity index (χ0) is 11.7. The minimum absolute atomic E-state index is 0.412. The summed E-state index contributed by atoms with van der Waals surface area (Å²) in [4.78, 5) is 6.63. The summed E-state index contributed by atoms with van der Waals surface area (Å²) in [5, 5.41) is 0. The SMILES string of the molecule is Nc1ccc(N2CCOC3CCCCC32)cn1. The van der Waals surface area contributed by atoms with Crippen LogP contribution in [0.15, 0.2) is 18.3 Å². The van der Waals surface area contributed by atoms with Gasteiger partial charge in [0.15, 0.2) is 0 Å². The zero-order valence-corrected chi connectivity index (χ0v) is 10.0. The molecule has 92 valence electrons. The van der Waals surface area contributed by atoms with Crippen LogP contribution in [0.25, 0.3) is 0 Å². The molecule has 2 fully saturated rings. The molecule has 4 nitrogen and oxygen atoms in total. The van der Waals surface area contributed by atoms with Crippen molar-refractivity contribution in [1.82, 2.24) is 4.98 Å². The van der Waals surface area contributed by atoms with Crippen LogP contribution in [-0.4, -0.2) is 30.3 Å². The Morgan fingerprint density at radius 1 is 1.29 bits per heavy atom. The van der Waals surface area contributed by atoms with E-state index in [1.165, 1.54) is 31.4 Å². The van der Waals surface area contributed by atoms with E-state index < -0.39 is 0 Å². The van der Waals surface area contributed by atoms with Crippen molar-refractivity contribution < 1.29 is 4.74 Å². The first-order chi connectivity index (χ1) is 8.34. The predicted molar refractivity (Wildman–Crippen MR) is 68.0 cm³/mol. The Kier molecular flexibility index (Phi) is 2.89. The number of hydrogen-bond acceptors (Lipinski definition) is 4. The molecule has 1 aliphatic heterocycles. The van der Waals surface area contributed by atoms with E-state index in [0.29, 0.717) is 18.0 Å². The highest BCUT2D eigenvalue weighted by molar-refractivity contribution is 5.49. The third-order valence-corrected chi connectivity index (χ3v) is 3.83. The molecule has 2 heterocycles. The number of nitrogens with two attached hydrogens (primary N) is 1. The molecule has 0 radical (unpaired) electrons. The second-order valence-corrected chi connectivity index (χ2v) is 4.90. The number of pyridine rings is 1. The highest BCUT2D eigenvalue weighted by atomic mass is 16.5. The fraction of sp³-hybridized carbons (Fsp3) is 0.615. The summed E-state index contributed by atoms with van der Waals surface area (Å²) >= 11 is 0. The van der Waals surface area contributed by atoms with E-state index >= 15 is 0 Å². The highest BCUT2D eigenvalue weighted by Gasteiger charge is 2.34. The summed E-state index contributed by atoms with van der Waals surface area (Å²) in [6.45, 7) is 1.79. The van der Waals surface area contributed by atoms with Crippen molar-refractivity contribution >= 4 is 11.5 Å². The Bertz CT molecular complexity index is 377. The van der Waals surface area contributed by atoms with Crippen molar-refractivity contribution in [2.45, 2.75) is 37.8 Å². The van der Waals surface area contributed by atoms with Gasteiger partial charge in [-0.3, -0.25) is 0 Å². The Labute approximate surface area is 102 Å². The van der Waals surface area contributed by atoms with Gasteiger partial charge in [-0.25, -0.2) is 4.98 Å². The van der Waals surface area contributed by atoms with Crippen molar-refractivity contribution in [1.29, 1.82) is 0 Å². The number of anilines is 2. The van der Waals surface area contributed by atoms with Gasteiger partial charge in [-0.2, -0.15) is 0 Å². The third-order valence-electron chi connectivity index (χ3n) is 3.83. The van der Waals surface area contributed by atoms with Crippen LogP contribution in [0, 0.1) is 0 Å². The maximum Gasteiger partial charge on any atom is 0.123 e. The van der Waals surface area contributed by atoms with E-state index in [1.807, 2.05) is 12.3 Å². The van der Waals surface area contributed by atoms with Gasteiger partial charge in [0.2, 0.25) is 0 Å². The van der Waals surface area contributed by atoms with Gasteiger partial charge in [-0.15, -0.1) is 0 Å². The fourth-order valence-corrected chi connectivity index (χ4v) is 2.98. The van der Waals surface area contributed by atoms with Crippen LogP contribution in [0.2, 0.25) is 0 Å². The van der Waals surface area contributed by atoms with Crippen LogP contribution < -0.4 is 10.6 Å². The Hall–Kier alpha value is -1.29. The number of ether oxygens (including phenoxy) is 1. The van der Waals surface area contributed by atoms with Crippen molar-refractivity contribution in [3.05, 3.63) is 18.3 Å². The first kappa shape index (κ1) is 10.8. The monoisotopic (exact) mass is 233 g/mol. The molecule has 0 amide bonds. The molecule has 0 aromatic carbocycles. The van der Waals surface area contributed by atoms with Crippen LogP contribution in [0.3, 0.4) is 0 Å². The molecular weight excluding hydrogens is 214 g/mol. The lowest BCUT2D eigenvalue weighted by Crippen LogP contribution is -2.52. The Morgan fingerprint density at radius 2 is 2.18 bits per heavy atom. The number of rotatable bonds is 1. The number of hydrogen-bond donors (Lipinski definition) is 1. The molecule has 1 aromatic heterocycles. The molecule has 2 atom stereocenters. The highest BCUT2D eigenvalue weighted by Crippen LogP contribution is 2.31. The molecule has 1 saturated heterocycles. The second kappa shape index (κ2) is 4.53. The lowest BCUT2D eigenvalue weighted by atomic mass is 9.90. The maximum absolute atomic E-state index is 5.87. The van der Waals surface area contributed by atoms with E-state index in [1.54, 1.807) is 0 Å². The molecule has 4 heteroatoms. The summed E-state index contributed by atoms with van der Waals surface area (Å²) < 4.78 is 5.87. The largest absolute Gasteiger partial charge is 0.384 e. The third kappa shape index (κ3) is 2.09. The van der Waals surface area contributed by atoms with Gasteiger partial charge >= 0.3 is 0 Å². The lowest BCUT2D eigenvalue weighted by Gasteiger charge is -2.45. The Balaban J connectivity index is 1.83. The van der Waals surface area contributed by atoms with E-state index in [9.17, 15) is 0 Å². The van der Waals surface area contributed by atoms with Crippen molar-refractivity contribution in [3.63, 3.8) is 0 Å². The molecule has 17 heavy (non-hydrogen) atoms. The van der Waals surface area contributed by atoms with Crippen LogP contribution in [0.1, 0.15) is 25.7 Å². The van der Waals surface area contributed by atoms with Crippen molar-refractivity contribution in [2.24, 2.45) is 0 Å². The van der Waals surface area contributed by atoms with Crippen LogP contribution >= 0.6 is 0 Å². The van der Waals surface area contributed by atoms with Crippen molar-refractivity contribution in [3.8, 4) is 0 Å². The number of nitrogens with zero attached hydrogens (tertiary/aromatic N) is 2. The fourth-order valence-electron chi connectivity index (χ4n) is 2.98. The van der Waals surface area contributed by atoms with Crippen LogP contribution in [0.4, 0.5) is 11.5 Å². The van der Waals surface area contributed by atoms with E-state index in [-0.39, 0.29) is 0 Å². The van der Waals surface area contributed by atoms with Crippen molar-refractivity contribution in [2.75, 3.05) is 23.8 Å².